The summed E-state index contributed by atoms with van der Waals surface area (Å²) in [6, 6.07) is 11.1. The Labute approximate surface area is 200 Å². The van der Waals surface area contributed by atoms with Crippen molar-refractivity contribution in [2.24, 2.45) is 0 Å². The maximum absolute atomic E-state index is 13.0. The molecule has 0 bridgehead atoms. The first kappa shape index (κ1) is 25.5. The van der Waals surface area contributed by atoms with Crippen LogP contribution < -0.4 is 9.47 Å². The zero-order valence-corrected chi connectivity index (χ0v) is 20.8. The van der Waals surface area contributed by atoms with Gasteiger partial charge in [-0.05, 0) is 36.4 Å². The first-order valence-electron chi connectivity index (χ1n) is 11.2. The van der Waals surface area contributed by atoms with Gasteiger partial charge in [-0.2, -0.15) is 4.31 Å². The molecule has 0 saturated carbocycles. The molecule has 2 amide bonds. The SMILES string of the molecule is CCN(CC)S(=O)(=O)c1ccc(C(=O)N2CCN(C(=O)c3ccc(OC)cc3OC)CC2)cc1. The number of carbonyl (C=O) groups excluding carboxylic acids is 2. The van der Waals surface area contributed by atoms with E-state index in [0.717, 1.165) is 0 Å². The molecule has 1 saturated heterocycles. The standard InChI is InChI=1S/C24H31N3O6S/c1-5-27(6-2)34(30,31)20-10-7-18(8-11-20)23(28)25-13-15-26(16-14-25)24(29)21-12-9-19(32-3)17-22(21)33-4/h7-12,17H,5-6,13-16H2,1-4H3. The molecule has 1 heterocycles. The number of sulfonamides is 1. The average Bonchev–Trinajstić information content (AvgIpc) is 2.88. The lowest BCUT2D eigenvalue weighted by Gasteiger charge is -2.35. The molecule has 0 radical (unpaired) electrons. The second kappa shape index (κ2) is 10.9. The Morgan fingerprint density at radius 1 is 0.853 bits per heavy atom. The minimum Gasteiger partial charge on any atom is -0.497 e. The van der Waals surface area contributed by atoms with Gasteiger partial charge in [0.2, 0.25) is 10.0 Å². The fourth-order valence-electron chi connectivity index (χ4n) is 3.92. The topological polar surface area (TPSA) is 96.5 Å². The van der Waals surface area contributed by atoms with Crippen LogP contribution in [0.1, 0.15) is 34.6 Å². The van der Waals surface area contributed by atoms with Gasteiger partial charge in [-0.3, -0.25) is 9.59 Å². The van der Waals surface area contributed by atoms with E-state index in [1.165, 1.54) is 23.5 Å². The summed E-state index contributed by atoms with van der Waals surface area (Å²) >= 11 is 0. The molecule has 0 aromatic heterocycles. The molecule has 0 spiro atoms. The summed E-state index contributed by atoms with van der Waals surface area (Å²) in [7, 11) is -0.529. The Kier molecular flexibility index (Phi) is 8.16. The van der Waals surface area contributed by atoms with Crippen LogP contribution in [0.2, 0.25) is 0 Å². The van der Waals surface area contributed by atoms with Crippen LogP contribution in [0.5, 0.6) is 11.5 Å². The van der Waals surface area contributed by atoms with E-state index in [1.54, 1.807) is 61.1 Å². The highest BCUT2D eigenvalue weighted by Crippen LogP contribution is 2.26. The third-order valence-electron chi connectivity index (χ3n) is 5.94. The number of nitrogens with zero attached hydrogens (tertiary/aromatic N) is 3. The highest BCUT2D eigenvalue weighted by molar-refractivity contribution is 7.89. The van der Waals surface area contributed by atoms with Crippen molar-refractivity contribution < 1.29 is 27.5 Å². The van der Waals surface area contributed by atoms with Crippen molar-refractivity contribution in [3.05, 3.63) is 53.6 Å². The smallest absolute Gasteiger partial charge is 0.257 e. The van der Waals surface area contributed by atoms with Crippen molar-refractivity contribution >= 4 is 21.8 Å². The number of rotatable bonds is 8. The lowest BCUT2D eigenvalue weighted by molar-refractivity contribution is 0.0533. The van der Waals surface area contributed by atoms with Crippen molar-refractivity contribution in [1.82, 2.24) is 14.1 Å². The van der Waals surface area contributed by atoms with E-state index >= 15 is 0 Å². The highest BCUT2D eigenvalue weighted by Gasteiger charge is 2.28. The minimum atomic E-state index is -3.58. The molecule has 184 valence electrons. The lowest BCUT2D eigenvalue weighted by atomic mass is 10.1. The number of amides is 2. The number of ether oxygens (including phenoxy) is 2. The number of piperazine rings is 1. The molecule has 2 aromatic carbocycles. The zero-order valence-electron chi connectivity index (χ0n) is 20.0. The summed E-state index contributed by atoms with van der Waals surface area (Å²) in [5.41, 5.74) is 0.850. The first-order valence-corrected chi connectivity index (χ1v) is 12.6. The van der Waals surface area contributed by atoms with Crippen LogP contribution in [-0.2, 0) is 10.0 Å². The molecule has 1 fully saturated rings. The van der Waals surface area contributed by atoms with E-state index in [0.29, 0.717) is 61.9 Å². The molecular formula is C24H31N3O6S. The van der Waals surface area contributed by atoms with Crippen LogP contribution in [0.15, 0.2) is 47.4 Å². The Morgan fingerprint density at radius 3 is 1.91 bits per heavy atom. The number of methoxy groups -OCH3 is 2. The predicted octanol–water partition coefficient (Wildman–Crippen LogP) is 2.33. The molecule has 1 aliphatic rings. The first-order chi connectivity index (χ1) is 16.3. The molecule has 34 heavy (non-hydrogen) atoms. The van der Waals surface area contributed by atoms with E-state index in [-0.39, 0.29) is 16.7 Å². The van der Waals surface area contributed by atoms with Crippen molar-refractivity contribution in [3.8, 4) is 11.5 Å². The van der Waals surface area contributed by atoms with Gasteiger partial charge >= 0.3 is 0 Å². The largest absolute Gasteiger partial charge is 0.497 e. The quantitative estimate of drug-likeness (QED) is 0.565. The number of benzene rings is 2. The molecule has 0 unspecified atom stereocenters. The van der Waals surface area contributed by atoms with Crippen LogP contribution in [0.25, 0.3) is 0 Å². The molecule has 0 N–H and O–H groups in total. The number of hydrogen-bond acceptors (Lipinski definition) is 6. The summed E-state index contributed by atoms with van der Waals surface area (Å²) in [6.45, 7) is 5.85. The van der Waals surface area contributed by atoms with Crippen molar-refractivity contribution in [1.29, 1.82) is 0 Å². The summed E-state index contributed by atoms with van der Waals surface area (Å²) in [6.07, 6.45) is 0. The molecule has 1 aliphatic heterocycles. The van der Waals surface area contributed by atoms with Crippen molar-refractivity contribution in [2.45, 2.75) is 18.7 Å². The van der Waals surface area contributed by atoms with E-state index in [9.17, 15) is 18.0 Å². The number of carbonyl (C=O) groups is 2. The Bertz CT molecular complexity index is 1120. The minimum absolute atomic E-state index is 0.164. The van der Waals surface area contributed by atoms with Crippen LogP contribution in [0, 0.1) is 0 Å². The zero-order chi connectivity index (χ0) is 24.9. The van der Waals surface area contributed by atoms with Gasteiger partial charge in [0.15, 0.2) is 0 Å². The summed E-state index contributed by atoms with van der Waals surface area (Å²) in [5, 5.41) is 0. The lowest BCUT2D eigenvalue weighted by Crippen LogP contribution is -2.50. The van der Waals surface area contributed by atoms with Gasteiger partial charge in [0.1, 0.15) is 11.5 Å². The summed E-state index contributed by atoms with van der Waals surface area (Å²) in [5.74, 6) is 0.667. The normalized spacial score (nSPS) is 14.3. The monoisotopic (exact) mass is 489 g/mol. The molecule has 2 aromatic rings. The van der Waals surface area contributed by atoms with E-state index < -0.39 is 10.0 Å². The van der Waals surface area contributed by atoms with Crippen LogP contribution in [-0.4, -0.2) is 87.8 Å². The maximum Gasteiger partial charge on any atom is 0.257 e. The van der Waals surface area contributed by atoms with Crippen molar-refractivity contribution in [3.63, 3.8) is 0 Å². The Morgan fingerprint density at radius 2 is 1.41 bits per heavy atom. The van der Waals surface area contributed by atoms with Gasteiger partial charge in [-0.15, -0.1) is 0 Å². The third-order valence-corrected chi connectivity index (χ3v) is 8.00. The second-order valence-electron chi connectivity index (χ2n) is 7.76. The van der Waals surface area contributed by atoms with Gasteiger partial charge in [-0.1, -0.05) is 13.8 Å². The van der Waals surface area contributed by atoms with E-state index in [1.807, 2.05) is 0 Å². The Balaban J connectivity index is 1.65. The molecule has 9 nitrogen and oxygen atoms in total. The fraction of sp³-hybridized carbons (Fsp3) is 0.417. The summed E-state index contributed by atoms with van der Waals surface area (Å²) < 4.78 is 37.2. The van der Waals surface area contributed by atoms with Gasteiger partial charge in [0, 0.05) is 50.9 Å². The maximum atomic E-state index is 13.0. The van der Waals surface area contributed by atoms with Crippen LogP contribution in [0.4, 0.5) is 0 Å². The fourth-order valence-corrected chi connectivity index (χ4v) is 5.38. The molecule has 0 atom stereocenters. The van der Waals surface area contributed by atoms with Gasteiger partial charge < -0.3 is 19.3 Å². The molecule has 10 heteroatoms. The van der Waals surface area contributed by atoms with Gasteiger partial charge in [-0.25, -0.2) is 8.42 Å². The Hall–Kier alpha value is -3.11. The van der Waals surface area contributed by atoms with Gasteiger partial charge in [0.05, 0.1) is 24.7 Å². The predicted molar refractivity (Wildman–Crippen MR) is 128 cm³/mol. The molecule has 0 aliphatic carbocycles. The molecule has 3 rings (SSSR count). The van der Waals surface area contributed by atoms with E-state index in [2.05, 4.69) is 0 Å². The summed E-state index contributed by atoms with van der Waals surface area (Å²) in [4.78, 5) is 29.5. The average molecular weight is 490 g/mol. The third kappa shape index (κ3) is 5.18. The van der Waals surface area contributed by atoms with E-state index in [4.69, 9.17) is 9.47 Å². The molecular weight excluding hydrogens is 458 g/mol. The van der Waals surface area contributed by atoms with Crippen LogP contribution in [0.3, 0.4) is 0 Å². The van der Waals surface area contributed by atoms with Gasteiger partial charge in [0.25, 0.3) is 11.8 Å². The van der Waals surface area contributed by atoms with Crippen LogP contribution >= 0.6 is 0 Å². The number of hydrogen-bond donors (Lipinski definition) is 0. The second-order valence-corrected chi connectivity index (χ2v) is 9.70. The highest BCUT2D eigenvalue weighted by atomic mass is 32.2. The van der Waals surface area contributed by atoms with Crippen molar-refractivity contribution in [2.75, 3.05) is 53.5 Å².